The van der Waals surface area contributed by atoms with Crippen LogP contribution in [0.25, 0.3) is 0 Å². The van der Waals surface area contributed by atoms with Gasteiger partial charge in [-0.25, -0.2) is 18.3 Å². The van der Waals surface area contributed by atoms with Crippen molar-refractivity contribution in [2.75, 3.05) is 0 Å². The maximum Gasteiger partial charge on any atom is 0.243 e. The number of hydrogen-bond donors (Lipinski definition) is 0. The van der Waals surface area contributed by atoms with Crippen LogP contribution in [-0.2, 0) is 26.2 Å². The van der Waals surface area contributed by atoms with Gasteiger partial charge < -0.3 is 0 Å². The molecular weight excluding hydrogens is 320 g/mol. The Balaban J connectivity index is 1.17. The van der Waals surface area contributed by atoms with Gasteiger partial charge in [0.25, 0.3) is 0 Å². The van der Waals surface area contributed by atoms with E-state index in [-0.39, 0.29) is 0 Å². The first-order chi connectivity index (χ1) is 12.8. The molecule has 0 amide bonds. The van der Waals surface area contributed by atoms with Gasteiger partial charge in [-0.1, -0.05) is 48.6 Å². The maximum absolute atomic E-state index is 2.30. The summed E-state index contributed by atoms with van der Waals surface area (Å²) in [6.07, 6.45) is 33.2. The van der Waals surface area contributed by atoms with Crippen LogP contribution in [-0.4, -0.2) is 9.13 Å². The third kappa shape index (κ3) is 4.51. The van der Waals surface area contributed by atoms with Crippen LogP contribution in [0.4, 0.5) is 0 Å². The number of aromatic nitrogens is 4. The Hall–Kier alpha value is -2.62. The number of aryl methyl sites for hydroxylation is 2. The van der Waals surface area contributed by atoms with Crippen LogP contribution < -0.4 is 9.13 Å². The van der Waals surface area contributed by atoms with Crippen molar-refractivity contribution < 1.29 is 9.13 Å². The minimum absolute atomic E-state index is 0.548. The van der Waals surface area contributed by atoms with Gasteiger partial charge in [-0.15, -0.1) is 0 Å². The molecule has 0 saturated carbocycles. The van der Waals surface area contributed by atoms with Crippen LogP contribution >= 0.6 is 0 Å². The van der Waals surface area contributed by atoms with Gasteiger partial charge in [-0.05, 0) is 12.8 Å². The van der Waals surface area contributed by atoms with E-state index in [2.05, 4.69) is 104 Å². The molecule has 2 heterocycles. The number of rotatable bonds is 9. The van der Waals surface area contributed by atoms with Crippen LogP contribution in [0.2, 0.25) is 0 Å². The second kappa shape index (κ2) is 8.17. The first-order valence-corrected chi connectivity index (χ1v) is 9.65. The summed E-state index contributed by atoms with van der Waals surface area (Å²) in [5, 5.41) is 0. The molecule has 0 N–H and O–H groups in total. The zero-order valence-electron chi connectivity index (χ0n) is 15.3. The Morgan fingerprint density at radius 1 is 0.615 bits per heavy atom. The van der Waals surface area contributed by atoms with Crippen molar-refractivity contribution in [1.82, 2.24) is 9.13 Å². The molecule has 134 valence electrons. The molecule has 0 bridgehead atoms. The molecule has 0 atom stereocenters. The molecule has 0 saturated heterocycles. The van der Waals surface area contributed by atoms with Gasteiger partial charge >= 0.3 is 0 Å². The predicted molar refractivity (Wildman–Crippen MR) is 102 cm³/mol. The van der Waals surface area contributed by atoms with Crippen LogP contribution in [0.5, 0.6) is 0 Å². The molecule has 4 rings (SSSR count). The molecule has 0 radical (unpaired) electrons. The lowest BCUT2D eigenvalue weighted by molar-refractivity contribution is -0.699. The van der Waals surface area contributed by atoms with E-state index < -0.39 is 0 Å². The van der Waals surface area contributed by atoms with Gasteiger partial charge in [0.15, 0.2) is 0 Å². The first kappa shape index (κ1) is 16.8. The normalized spacial score (nSPS) is 16.5. The summed E-state index contributed by atoms with van der Waals surface area (Å²) in [4.78, 5) is 0. The van der Waals surface area contributed by atoms with Gasteiger partial charge in [0, 0.05) is 11.8 Å². The maximum atomic E-state index is 2.30. The quantitative estimate of drug-likeness (QED) is 0.490. The first-order valence-electron chi connectivity index (χ1n) is 9.65. The summed E-state index contributed by atoms with van der Waals surface area (Å²) in [5.74, 6) is 1.10. The van der Waals surface area contributed by atoms with Crippen molar-refractivity contribution in [3.8, 4) is 0 Å². The molecule has 0 fully saturated rings. The minimum atomic E-state index is 0.548. The third-order valence-corrected chi connectivity index (χ3v) is 5.07. The molecule has 4 heteroatoms. The number of nitrogens with zero attached hydrogens (tertiary/aromatic N) is 4. The molecule has 0 unspecified atom stereocenters. The zero-order valence-corrected chi connectivity index (χ0v) is 15.3. The summed E-state index contributed by atoms with van der Waals surface area (Å²) in [6, 6.07) is 0. The van der Waals surface area contributed by atoms with Gasteiger partial charge in [0.2, 0.25) is 12.7 Å². The molecule has 2 aromatic heterocycles. The Kier molecular flexibility index (Phi) is 5.29. The van der Waals surface area contributed by atoms with E-state index in [9.17, 15) is 0 Å². The zero-order chi connectivity index (χ0) is 17.6. The molecule has 0 spiro atoms. The smallest absolute Gasteiger partial charge is 0.237 e. The molecule has 4 nitrogen and oxygen atoms in total. The fourth-order valence-electron chi connectivity index (χ4n) is 3.63. The van der Waals surface area contributed by atoms with Gasteiger partial charge in [0.1, 0.15) is 24.8 Å². The average molecular weight is 348 g/mol. The van der Waals surface area contributed by atoms with E-state index >= 15 is 0 Å². The van der Waals surface area contributed by atoms with Crippen LogP contribution in [0.15, 0.2) is 86.1 Å². The van der Waals surface area contributed by atoms with Crippen molar-refractivity contribution >= 4 is 0 Å². The van der Waals surface area contributed by atoms with Crippen molar-refractivity contribution in [1.29, 1.82) is 0 Å². The average Bonchev–Trinajstić information content (AvgIpc) is 3.42. The summed E-state index contributed by atoms with van der Waals surface area (Å²) in [5.41, 5.74) is 0. The molecule has 2 aliphatic rings. The van der Waals surface area contributed by atoms with Gasteiger partial charge in [0.05, 0.1) is 26.2 Å². The van der Waals surface area contributed by atoms with E-state index in [0.29, 0.717) is 11.8 Å². The van der Waals surface area contributed by atoms with E-state index in [1.807, 2.05) is 0 Å². The van der Waals surface area contributed by atoms with E-state index in [1.165, 1.54) is 12.8 Å². The number of allylic oxidation sites excluding steroid dienone is 8. The molecule has 2 aromatic rings. The number of unbranched alkanes of at least 4 members (excludes halogenated alkanes) is 1. The Labute approximate surface area is 155 Å². The molecule has 26 heavy (non-hydrogen) atoms. The van der Waals surface area contributed by atoms with Crippen LogP contribution in [0.1, 0.15) is 12.8 Å². The molecule has 2 aliphatic carbocycles. The Morgan fingerprint density at radius 2 is 1.04 bits per heavy atom. The lowest BCUT2D eigenvalue weighted by atomic mass is 10.2. The SMILES string of the molecule is C1=CC(C[n+]2ccn(CCCCn3cc[n+](CC4C=CC=C4)c3)c2)C=C1. The van der Waals surface area contributed by atoms with Crippen LogP contribution in [0.3, 0.4) is 0 Å². The lowest BCUT2D eigenvalue weighted by Crippen LogP contribution is -2.34. The fourth-order valence-corrected chi connectivity index (χ4v) is 3.63. The minimum Gasteiger partial charge on any atom is -0.237 e. The Morgan fingerprint density at radius 3 is 1.46 bits per heavy atom. The summed E-state index contributed by atoms with van der Waals surface area (Å²) in [7, 11) is 0. The third-order valence-electron chi connectivity index (χ3n) is 5.07. The van der Waals surface area contributed by atoms with Crippen molar-refractivity contribution in [2.24, 2.45) is 11.8 Å². The van der Waals surface area contributed by atoms with E-state index in [0.717, 1.165) is 26.2 Å². The second-order valence-electron chi connectivity index (χ2n) is 7.27. The second-order valence-corrected chi connectivity index (χ2v) is 7.27. The van der Waals surface area contributed by atoms with Gasteiger partial charge in [-0.3, -0.25) is 0 Å². The van der Waals surface area contributed by atoms with Crippen molar-refractivity contribution in [3.05, 3.63) is 86.1 Å². The summed E-state index contributed by atoms with van der Waals surface area (Å²) in [6.45, 7) is 4.24. The van der Waals surface area contributed by atoms with E-state index in [4.69, 9.17) is 0 Å². The van der Waals surface area contributed by atoms with Crippen molar-refractivity contribution in [3.63, 3.8) is 0 Å². The summed E-state index contributed by atoms with van der Waals surface area (Å²) >= 11 is 0. The van der Waals surface area contributed by atoms with Gasteiger partial charge in [-0.2, -0.15) is 0 Å². The molecular formula is C22H28N4+2. The highest BCUT2D eigenvalue weighted by molar-refractivity contribution is 5.17. The van der Waals surface area contributed by atoms with Crippen LogP contribution in [0, 0.1) is 11.8 Å². The fraction of sp³-hybridized carbons (Fsp3) is 0.364. The number of imidazole rings is 2. The highest BCUT2D eigenvalue weighted by atomic mass is 15.1. The molecule has 0 aromatic carbocycles. The summed E-state index contributed by atoms with van der Waals surface area (Å²) < 4.78 is 9.17. The number of hydrogen-bond acceptors (Lipinski definition) is 0. The predicted octanol–water partition coefficient (Wildman–Crippen LogP) is 2.83. The monoisotopic (exact) mass is 348 g/mol. The lowest BCUT2D eigenvalue weighted by Gasteiger charge is -2.01. The standard InChI is InChI=1S/C22H28N4/c1-2-8-21(7-1)17-25-15-13-23(19-25)11-5-6-12-24-14-16-26(20-24)18-22-9-3-4-10-22/h1-4,7-10,13-16,19-22H,5-6,11-12,17-18H2/q+2. The highest BCUT2D eigenvalue weighted by Crippen LogP contribution is 2.09. The van der Waals surface area contributed by atoms with E-state index in [1.54, 1.807) is 0 Å². The largest absolute Gasteiger partial charge is 0.243 e. The highest BCUT2D eigenvalue weighted by Gasteiger charge is 2.11. The molecule has 0 aliphatic heterocycles. The van der Waals surface area contributed by atoms with Crippen molar-refractivity contribution in [2.45, 2.75) is 39.0 Å². The topological polar surface area (TPSA) is 17.6 Å². The Bertz CT molecular complexity index is 740.